The smallest absolute Gasteiger partial charge is 0.336 e. The van der Waals surface area contributed by atoms with E-state index in [-0.39, 0.29) is 11.7 Å². The van der Waals surface area contributed by atoms with Gasteiger partial charge in [-0.2, -0.15) is 0 Å². The van der Waals surface area contributed by atoms with E-state index in [9.17, 15) is 9.59 Å². The monoisotopic (exact) mass is 567 g/mol. The molecule has 0 saturated heterocycles. The van der Waals surface area contributed by atoms with Gasteiger partial charge in [0, 0.05) is 29.0 Å². The second-order valence-electron chi connectivity index (χ2n) is 10.6. The van der Waals surface area contributed by atoms with Crippen LogP contribution < -0.4 is 19.5 Å². The van der Waals surface area contributed by atoms with Crippen LogP contribution in [0.5, 0.6) is 17.2 Å². The maximum absolute atomic E-state index is 14.1. The van der Waals surface area contributed by atoms with E-state index in [1.165, 1.54) is 0 Å². The van der Waals surface area contributed by atoms with Crippen molar-refractivity contribution in [2.24, 2.45) is 0 Å². The van der Waals surface area contributed by atoms with Crippen LogP contribution in [-0.2, 0) is 20.9 Å². The normalized spacial score (nSPS) is 18.2. The van der Waals surface area contributed by atoms with Gasteiger partial charge in [-0.05, 0) is 55.0 Å². The zero-order chi connectivity index (χ0) is 29.6. The third-order valence-electron chi connectivity index (χ3n) is 7.83. The topological polar surface area (TPSA) is 83.1 Å². The third-order valence-corrected chi connectivity index (χ3v) is 7.83. The summed E-state index contributed by atoms with van der Waals surface area (Å²) in [4.78, 5) is 27.6. The zero-order valence-electron chi connectivity index (χ0n) is 24.6. The van der Waals surface area contributed by atoms with Gasteiger partial charge in [0.05, 0.1) is 32.3 Å². The number of esters is 1. The molecule has 0 spiro atoms. The van der Waals surface area contributed by atoms with Crippen molar-refractivity contribution >= 4 is 11.8 Å². The molecule has 1 N–H and O–H groups in total. The van der Waals surface area contributed by atoms with E-state index >= 15 is 0 Å². The highest BCUT2D eigenvalue weighted by molar-refractivity contribution is 6.04. The fourth-order valence-corrected chi connectivity index (χ4v) is 5.82. The van der Waals surface area contributed by atoms with Crippen molar-refractivity contribution in [1.29, 1.82) is 0 Å². The minimum Gasteiger partial charge on any atom is -0.493 e. The van der Waals surface area contributed by atoms with Crippen LogP contribution in [0.25, 0.3) is 0 Å². The van der Waals surface area contributed by atoms with Gasteiger partial charge in [0.25, 0.3) is 0 Å². The number of carbonyl (C=O) groups is 2. The largest absolute Gasteiger partial charge is 0.493 e. The fourth-order valence-electron chi connectivity index (χ4n) is 5.82. The number of allylic oxidation sites excluding steroid dienone is 3. The number of carbonyl (C=O) groups excluding carboxylic acids is 2. The lowest BCUT2D eigenvalue weighted by Crippen LogP contribution is -2.36. The molecular formula is C35H37NO6. The van der Waals surface area contributed by atoms with Crippen molar-refractivity contribution in [2.45, 2.75) is 51.6 Å². The SMILES string of the molecule is CCCOC(=O)C1=C(C)NC2=C(C(=O)C[C@@H](c3ccc(OC)c(OC)c3)C2)[C@H]1c1ccccc1OCc1ccccc1. The number of benzene rings is 3. The summed E-state index contributed by atoms with van der Waals surface area (Å²) < 4.78 is 22.9. The first-order valence-corrected chi connectivity index (χ1v) is 14.3. The van der Waals surface area contributed by atoms with Gasteiger partial charge < -0.3 is 24.3 Å². The molecule has 2 aliphatic rings. The molecule has 1 aliphatic carbocycles. The molecule has 42 heavy (non-hydrogen) atoms. The van der Waals surface area contributed by atoms with E-state index < -0.39 is 11.9 Å². The molecule has 7 heteroatoms. The Morgan fingerprint density at radius 3 is 2.38 bits per heavy atom. The summed E-state index contributed by atoms with van der Waals surface area (Å²) in [6.45, 7) is 4.49. The Hall–Kier alpha value is -4.52. The molecule has 218 valence electrons. The van der Waals surface area contributed by atoms with Crippen LogP contribution in [0.15, 0.2) is 95.3 Å². The molecule has 1 heterocycles. The maximum Gasteiger partial charge on any atom is 0.336 e. The van der Waals surface area contributed by atoms with Crippen molar-refractivity contribution < 1.29 is 28.5 Å². The maximum atomic E-state index is 14.1. The predicted octanol–water partition coefficient (Wildman–Crippen LogP) is 6.60. The Balaban J connectivity index is 1.55. The van der Waals surface area contributed by atoms with Crippen molar-refractivity contribution in [3.8, 4) is 17.2 Å². The van der Waals surface area contributed by atoms with Crippen LogP contribution >= 0.6 is 0 Å². The van der Waals surface area contributed by atoms with Crippen LogP contribution in [0.1, 0.15) is 61.6 Å². The third kappa shape index (κ3) is 5.91. The Morgan fingerprint density at radius 1 is 0.905 bits per heavy atom. The van der Waals surface area contributed by atoms with Gasteiger partial charge in [0.2, 0.25) is 0 Å². The van der Waals surface area contributed by atoms with Gasteiger partial charge in [0.15, 0.2) is 17.3 Å². The first-order chi connectivity index (χ1) is 20.4. The van der Waals surface area contributed by atoms with E-state index in [1.807, 2.05) is 86.6 Å². The summed E-state index contributed by atoms with van der Waals surface area (Å²) >= 11 is 0. The minimum atomic E-state index is -0.614. The minimum absolute atomic E-state index is 0.0142. The van der Waals surface area contributed by atoms with Crippen molar-refractivity contribution in [3.63, 3.8) is 0 Å². The molecule has 1 aliphatic heterocycles. The average molecular weight is 568 g/mol. The molecule has 3 aromatic rings. The van der Waals surface area contributed by atoms with E-state index in [1.54, 1.807) is 14.2 Å². The van der Waals surface area contributed by atoms with Crippen molar-refractivity contribution in [1.82, 2.24) is 5.32 Å². The molecule has 0 unspecified atom stereocenters. The summed E-state index contributed by atoms with van der Waals surface area (Å²) in [5, 5.41) is 3.42. The first kappa shape index (κ1) is 29.0. The first-order valence-electron chi connectivity index (χ1n) is 14.3. The summed E-state index contributed by atoms with van der Waals surface area (Å²) in [7, 11) is 3.21. The number of rotatable bonds is 10. The average Bonchev–Trinajstić information content (AvgIpc) is 3.02. The van der Waals surface area contributed by atoms with E-state index in [0.29, 0.717) is 66.6 Å². The van der Waals surface area contributed by atoms with Gasteiger partial charge in [-0.1, -0.05) is 61.5 Å². The summed E-state index contributed by atoms with van der Waals surface area (Å²) in [6, 6.07) is 23.3. The number of ether oxygens (including phenoxy) is 4. The lowest BCUT2D eigenvalue weighted by Gasteiger charge is -2.37. The highest BCUT2D eigenvalue weighted by atomic mass is 16.5. The number of Topliss-reactive ketones (excluding diaryl/α,β-unsaturated/α-hetero) is 1. The second-order valence-corrected chi connectivity index (χ2v) is 10.6. The Labute approximate surface area is 247 Å². The van der Waals surface area contributed by atoms with Gasteiger partial charge in [0.1, 0.15) is 12.4 Å². The molecular weight excluding hydrogens is 530 g/mol. The molecule has 0 bridgehead atoms. The number of hydrogen-bond donors (Lipinski definition) is 1. The quantitative estimate of drug-likeness (QED) is 0.277. The molecule has 0 saturated carbocycles. The van der Waals surface area contributed by atoms with Crippen LogP contribution in [0.3, 0.4) is 0 Å². The van der Waals surface area contributed by atoms with Crippen LogP contribution in [0.2, 0.25) is 0 Å². The summed E-state index contributed by atoms with van der Waals surface area (Å²) in [6.07, 6.45) is 1.61. The number of para-hydroxylation sites is 1. The standard InChI is InChI=1S/C35H37NO6/c1-5-17-41-35(38)32-22(2)36-27-18-25(24-15-16-30(39-3)31(20-24)40-4)19-28(37)34(27)33(32)26-13-9-10-14-29(26)42-21-23-11-7-6-8-12-23/h6-16,20,25,33,36H,5,17-19,21H2,1-4H3/t25-,33-/m0/s1. The Morgan fingerprint density at radius 2 is 1.64 bits per heavy atom. The summed E-state index contributed by atoms with van der Waals surface area (Å²) in [5.74, 6) is 0.777. The summed E-state index contributed by atoms with van der Waals surface area (Å²) in [5.41, 5.74) is 5.32. The number of hydrogen-bond acceptors (Lipinski definition) is 7. The Bertz CT molecular complexity index is 1520. The molecule has 0 radical (unpaired) electrons. The lowest BCUT2D eigenvalue weighted by molar-refractivity contribution is -0.139. The van der Waals surface area contributed by atoms with Crippen LogP contribution in [0.4, 0.5) is 0 Å². The number of nitrogens with one attached hydrogen (secondary N) is 1. The van der Waals surface area contributed by atoms with Crippen LogP contribution in [0, 0.1) is 0 Å². The van der Waals surface area contributed by atoms with Crippen molar-refractivity contribution in [2.75, 3.05) is 20.8 Å². The van der Waals surface area contributed by atoms with Gasteiger partial charge in [-0.3, -0.25) is 4.79 Å². The van der Waals surface area contributed by atoms with Crippen molar-refractivity contribution in [3.05, 3.63) is 112 Å². The van der Waals surface area contributed by atoms with E-state index in [4.69, 9.17) is 18.9 Å². The van der Waals surface area contributed by atoms with Gasteiger partial charge >= 0.3 is 5.97 Å². The van der Waals surface area contributed by atoms with E-state index in [2.05, 4.69) is 5.32 Å². The molecule has 0 fully saturated rings. The predicted molar refractivity (Wildman–Crippen MR) is 161 cm³/mol. The molecule has 7 nitrogen and oxygen atoms in total. The zero-order valence-corrected chi connectivity index (χ0v) is 24.6. The number of ketones is 1. The Kier molecular flexibility index (Phi) is 8.96. The lowest BCUT2D eigenvalue weighted by atomic mass is 9.71. The van der Waals surface area contributed by atoms with Gasteiger partial charge in [-0.25, -0.2) is 4.79 Å². The fraction of sp³-hybridized carbons (Fsp3) is 0.314. The van der Waals surface area contributed by atoms with Crippen LogP contribution in [-0.4, -0.2) is 32.6 Å². The highest BCUT2D eigenvalue weighted by Crippen LogP contribution is 2.48. The number of dihydropyridines is 1. The molecule has 0 amide bonds. The molecule has 0 aromatic heterocycles. The van der Waals surface area contributed by atoms with E-state index in [0.717, 1.165) is 22.4 Å². The highest BCUT2D eigenvalue weighted by Gasteiger charge is 2.42. The second kappa shape index (κ2) is 13.0. The van der Waals surface area contributed by atoms with Gasteiger partial charge in [-0.15, -0.1) is 0 Å². The molecule has 2 atom stereocenters. The molecule has 3 aromatic carbocycles. The molecule has 5 rings (SSSR count). The number of methoxy groups -OCH3 is 2.